The Morgan fingerprint density at radius 2 is 2.17 bits per heavy atom. The summed E-state index contributed by atoms with van der Waals surface area (Å²) in [6.45, 7) is 1.84. The molecule has 0 atom stereocenters. The summed E-state index contributed by atoms with van der Waals surface area (Å²) in [6, 6.07) is 7.25. The molecule has 0 aliphatic heterocycles. The van der Waals surface area contributed by atoms with E-state index in [0.717, 1.165) is 0 Å². The molecule has 0 spiro atoms. The van der Waals surface area contributed by atoms with Crippen molar-refractivity contribution in [2.45, 2.75) is 6.92 Å². The maximum absolute atomic E-state index is 13.4. The van der Waals surface area contributed by atoms with Crippen LogP contribution in [0, 0.1) is 17.1 Å². The summed E-state index contributed by atoms with van der Waals surface area (Å²) in [6.07, 6.45) is 1.36. The van der Waals surface area contributed by atoms with E-state index < -0.39 is 11.8 Å². The van der Waals surface area contributed by atoms with E-state index in [2.05, 4.69) is 4.98 Å². The molecule has 0 bridgehead atoms. The highest BCUT2D eigenvalue weighted by molar-refractivity contribution is 5.93. The van der Waals surface area contributed by atoms with Crippen LogP contribution in [0.2, 0.25) is 0 Å². The standard InChI is InChI=1S/C17H15FN2O4/c1-3-23-17(21)13-7-15(20-9-16(13)24-10-22-2)11-4-5-14(18)12(6-11)8-19/h4-7,9H,3,10H2,1-2H3. The molecule has 2 rings (SSSR count). The van der Waals surface area contributed by atoms with Gasteiger partial charge in [0.2, 0.25) is 0 Å². The summed E-state index contributed by atoms with van der Waals surface area (Å²) in [5, 5.41) is 8.93. The van der Waals surface area contributed by atoms with Gasteiger partial charge in [-0.1, -0.05) is 0 Å². The smallest absolute Gasteiger partial charge is 0.342 e. The minimum atomic E-state index is -0.619. The molecule has 0 N–H and O–H groups in total. The van der Waals surface area contributed by atoms with Crippen LogP contribution in [0.1, 0.15) is 22.8 Å². The fourth-order valence-corrected chi connectivity index (χ4v) is 1.98. The van der Waals surface area contributed by atoms with E-state index in [1.807, 2.05) is 0 Å². The Hall–Kier alpha value is -2.98. The van der Waals surface area contributed by atoms with Gasteiger partial charge in [-0.05, 0) is 31.2 Å². The van der Waals surface area contributed by atoms with Crippen molar-refractivity contribution in [3.05, 3.63) is 47.4 Å². The molecule has 0 radical (unpaired) electrons. The van der Waals surface area contributed by atoms with Crippen LogP contribution >= 0.6 is 0 Å². The second kappa shape index (κ2) is 8.04. The largest absolute Gasteiger partial charge is 0.465 e. The molecule has 0 fully saturated rings. The third-order valence-corrected chi connectivity index (χ3v) is 3.08. The number of nitrogens with zero attached hydrogens (tertiary/aromatic N) is 2. The van der Waals surface area contributed by atoms with Gasteiger partial charge in [0, 0.05) is 12.7 Å². The van der Waals surface area contributed by atoms with Crippen LogP contribution in [0.15, 0.2) is 30.5 Å². The number of pyridine rings is 1. The zero-order valence-electron chi connectivity index (χ0n) is 13.2. The summed E-state index contributed by atoms with van der Waals surface area (Å²) >= 11 is 0. The van der Waals surface area contributed by atoms with E-state index in [-0.39, 0.29) is 30.3 Å². The highest BCUT2D eigenvalue weighted by atomic mass is 19.1. The molecule has 0 saturated carbocycles. The van der Waals surface area contributed by atoms with Crippen LogP contribution in [-0.2, 0) is 9.47 Å². The number of rotatable bonds is 6. The van der Waals surface area contributed by atoms with Gasteiger partial charge in [0.15, 0.2) is 12.5 Å². The first-order chi connectivity index (χ1) is 11.6. The summed E-state index contributed by atoms with van der Waals surface area (Å²) in [7, 11) is 1.45. The molecule has 0 amide bonds. The van der Waals surface area contributed by atoms with Gasteiger partial charge >= 0.3 is 5.97 Å². The molecular formula is C17H15FN2O4. The van der Waals surface area contributed by atoms with Gasteiger partial charge in [0.1, 0.15) is 17.4 Å². The number of hydrogen-bond donors (Lipinski definition) is 0. The molecule has 124 valence electrons. The van der Waals surface area contributed by atoms with Gasteiger partial charge < -0.3 is 14.2 Å². The fourth-order valence-electron chi connectivity index (χ4n) is 1.98. The summed E-state index contributed by atoms with van der Waals surface area (Å²) in [5.41, 5.74) is 0.949. The number of carbonyl (C=O) groups is 1. The lowest BCUT2D eigenvalue weighted by Gasteiger charge is -2.11. The minimum Gasteiger partial charge on any atom is -0.465 e. The van der Waals surface area contributed by atoms with E-state index in [0.29, 0.717) is 11.3 Å². The van der Waals surface area contributed by atoms with Crippen LogP contribution in [-0.4, -0.2) is 31.5 Å². The summed E-state index contributed by atoms with van der Waals surface area (Å²) < 4.78 is 28.6. The first-order valence-electron chi connectivity index (χ1n) is 7.09. The molecule has 6 nitrogen and oxygen atoms in total. The molecule has 1 heterocycles. The molecule has 24 heavy (non-hydrogen) atoms. The minimum absolute atomic E-state index is 0.0530. The number of methoxy groups -OCH3 is 1. The van der Waals surface area contributed by atoms with Gasteiger partial charge in [-0.3, -0.25) is 4.98 Å². The fraction of sp³-hybridized carbons (Fsp3) is 0.235. The van der Waals surface area contributed by atoms with Crippen molar-refractivity contribution in [2.24, 2.45) is 0 Å². The lowest BCUT2D eigenvalue weighted by molar-refractivity contribution is 0.0436. The lowest BCUT2D eigenvalue weighted by atomic mass is 10.1. The van der Waals surface area contributed by atoms with Crippen LogP contribution in [0.4, 0.5) is 4.39 Å². The summed E-state index contributed by atoms with van der Waals surface area (Å²) in [5.74, 6) is -0.983. The molecule has 1 aromatic heterocycles. The van der Waals surface area contributed by atoms with Gasteiger partial charge in [-0.25, -0.2) is 9.18 Å². The molecule has 1 aromatic carbocycles. The Bertz CT molecular complexity index is 787. The number of aromatic nitrogens is 1. The Labute approximate surface area is 138 Å². The highest BCUT2D eigenvalue weighted by Crippen LogP contribution is 2.26. The van der Waals surface area contributed by atoms with E-state index in [9.17, 15) is 9.18 Å². The monoisotopic (exact) mass is 330 g/mol. The van der Waals surface area contributed by atoms with Crippen LogP contribution in [0.3, 0.4) is 0 Å². The van der Waals surface area contributed by atoms with Crippen molar-refractivity contribution in [3.63, 3.8) is 0 Å². The Morgan fingerprint density at radius 1 is 1.38 bits per heavy atom. The maximum Gasteiger partial charge on any atom is 0.342 e. The number of carbonyl (C=O) groups excluding carboxylic acids is 1. The number of ether oxygens (including phenoxy) is 3. The SMILES string of the molecule is CCOC(=O)c1cc(-c2ccc(F)c(C#N)c2)ncc1OCOC. The molecular weight excluding hydrogens is 315 g/mol. The number of hydrogen-bond acceptors (Lipinski definition) is 6. The first-order valence-corrected chi connectivity index (χ1v) is 7.09. The normalized spacial score (nSPS) is 10.1. The molecule has 0 aliphatic rings. The van der Waals surface area contributed by atoms with E-state index in [1.54, 1.807) is 13.0 Å². The highest BCUT2D eigenvalue weighted by Gasteiger charge is 2.17. The topological polar surface area (TPSA) is 81.4 Å². The van der Waals surface area contributed by atoms with E-state index >= 15 is 0 Å². The first kappa shape index (κ1) is 17.4. The number of esters is 1. The predicted molar refractivity (Wildman–Crippen MR) is 82.8 cm³/mol. The Morgan fingerprint density at radius 3 is 2.83 bits per heavy atom. The second-order valence-corrected chi connectivity index (χ2v) is 4.64. The molecule has 0 aliphatic carbocycles. The predicted octanol–water partition coefficient (Wildman–Crippen LogP) is 2.92. The third kappa shape index (κ3) is 3.86. The average molecular weight is 330 g/mol. The maximum atomic E-state index is 13.4. The number of halogens is 1. The molecule has 7 heteroatoms. The zero-order valence-corrected chi connectivity index (χ0v) is 13.2. The van der Waals surface area contributed by atoms with E-state index in [1.165, 1.54) is 37.6 Å². The van der Waals surface area contributed by atoms with Gasteiger partial charge in [0.05, 0.1) is 24.1 Å². The van der Waals surface area contributed by atoms with Crippen molar-refractivity contribution in [1.82, 2.24) is 4.98 Å². The summed E-state index contributed by atoms with van der Waals surface area (Å²) in [4.78, 5) is 16.3. The van der Waals surface area contributed by atoms with Crippen molar-refractivity contribution in [2.75, 3.05) is 20.5 Å². The van der Waals surface area contributed by atoms with Gasteiger partial charge in [-0.15, -0.1) is 0 Å². The van der Waals surface area contributed by atoms with Gasteiger partial charge in [0.25, 0.3) is 0 Å². The average Bonchev–Trinajstić information content (AvgIpc) is 2.60. The second-order valence-electron chi connectivity index (χ2n) is 4.64. The Balaban J connectivity index is 2.47. The third-order valence-electron chi connectivity index (χ3n) is 3.08. The number of benzene rings is 1. The Kier molecular flexibility index (Phi) is 5.82. The zero-order chi connectivity index (χ0) is 17.5. The van der Waals surface area contributed by atoms with Crippen LogP contribution in [0.25, 0.3) is 11.3 Å². The number of nitriles is 1. The molecule has 0 saturated heterocycles. The van der Waals surface area contributed by atoms with Crippen molar-refractivity contribution < 1.29 is 23.4 Å². The quantitative estimate of drug-likeness (QED) is 0.598. The lowest BCUT2D eigenvalue weighted by Crippen LogP contribution is -2.10. The van der Waals surface area contributed by atoms with Crippen molar-refractivity contribution >= 4 is 5.97 Å². The van der Waals surface area contributed by atoms with E-state index in [4.69, 9.17) is 19.5 Å². The van der Waals surface area contributed by atoms with Crippen LogP contribution in [0.5, 0.6) is 5.75 Å². The van der Waals surface area contributed by atoms with Gasteiger partial charge in [-0.2, -0.15) is 5.26 Å². The molecule has 0 unspecified atom stereocenters. The molecule has 2 aromatic rings. The van der Waals surface area contributed by atoms with Crippen molar-refractivity contribution in [1.29, 1.82) is 5.26 Å². The van der Waals surface area contributed by atoms with Crippen LogP contribution < -0.4 is 4.74 Å². The van der Waals surface area contributed by atoms with Crippen molar-refractivity contribution in [3.8, 4) is 23.1 Å².